The summed E-state index contributed by atoms with van der Waals surface area (Å²) in [7, 11) is 0. The van der Waals surface area contributed by atoms with Crippen molar-refractivity contribution in [2.24, 2.45) is 0 Å². The predicted molar refractivity (Wildman–Crippen MR) is 127 cm³/mol. The Labute approximate surface area is 192 Å². The Morgan fingerprint density at radius 3 is 2.47 bits per heavy atom. The van der Waals surface area contributed by atoms with Gasteiger partial charge in [0.05, 0.1) is 11.3 Å². The number of nitrogens with zero attached hydrogens (tertiary/aromatic N) is 1. The molecule has 1 N–H and O–H groups in total. The molecule has 0 fully saturated rings. The predicted octanol–water partition coefficient (Wildman–Crippen LogP) is 5.15. The van der Waals surface area contributed by atoms with Gasteiger partial charge in [-0.25, -0.2) is 9.59 Å². The number of fused-ring (bicyclic) bond motifs is 2. The van der Waals surface area contributed by atoms with Crippen LogP contribution in [0, 0.1) is 12.1 Å². The van der Waals surface area contributed by atoms with E-state index in [1.54, 1.807) is 49.4 Å². The third-order valence-corrected chi connectivity index (χ3v) is 5.59. The quantitative estimate of drug-likeness (QED) is 0.285. The van der Waals surface area contributed by atoms with Gasteiger partial charge < -0.3 is 24.0 Å². The lowest BCUT2D eigenvalue weighted by Gasteiger charge is -2.21. The first-order chi connectivity index (χ1) is 16.4. The van der Waals surface area contributed by atoms with Crippen molar-refractivity contribution in [2.45, 2.75) is 13.5 Å². The van der Waals surface area contributed by atoms with Gasteiger partial charge in [-0.15, -0.1) is 0 Å². The molecule has 3 aromatic carbocycles. The summed E-state index contributed by atoms with van der Waals surface area (Å²) in [6.45, 7) is 1.95. The standard InChI is InChI=1S/C26H18NO7/c1-15-22(32-14-16-6-8-18(9-7-16)27(30)31)11-10-19-20(13-24(28)34-25(15)19)21-12-17-4-2-3-5-23(17)33-26(21)29/h2-13,30H,14H2,1H3/q-1. The van der Waals surface area contributed by atoms with Crippen molar-refractivity contribution in [3.8, 4) is 16.9 Å². The maximum Gasteiger partial charge on any atom is 0.344 e. The zero-order valence-electron chi connectivity index (χ0n) is 18.0. The topological polar surface area (TPSA) is 116 Å². The van der Waals surface area contributed by atoms with Gasteiger partial charge in [-0.3, -0.25) is 5.21 Å². The molecule has 0 saturated heterocycles. The van der Waals surface area contributed by atoms with E-state index in [2.05, 4.69) is 0 Å². The van der Waals surface area contributed by atoms with Crippen molar-refractivity contribution in [1.82, 2.24) is 0 Å². The van der Waals surface area contributed by atoms with Gasteiger partial charge in [-0.1, -0.05) is 30.3 Å². The van der Waals surface area contributed by atoms with E-state index >= 15 is 0 Å². The van der Waals surface area contributed by atoms with Crippen LogP contribution in [0.25, 0.3) is 33.1 Å². The van der Waals surface area contributed by atoms with Gasteiger partial charge in [0.1, 0.15) is 23.5 Å². The number of hydrogen-bond donors (Lipinski definition) is 1. The average molecular weight is 456 g/mol. The van der Waals surface area contributed by atoms with Gasteiger partial charge in [0.2, 0.25) is 0 Å². The van der Waals surface area contributed by atoms with Crippen LogP contribution in [0.5, 0.6) is 5.75 Å². The molecular weight excluding hydrogens is 438 g/mol. The van der Waals surface area contributed by atoms with Gasteiger partial charge in [0.25, 0.3) is 0 Å². The minimum Gasteiger partial charge on any atom is -0.733 e. The highest BCUT2D eigenvalue weighted by Gasteiger charge is 2.17. The van der Waals surface area contributed by atoms with E-state index in [0.717, 1.165) is 10.9 Å². The fourth-order valence-electron chi connectivity index (χ4n) is 3.85. The SMILES string of the molecule is Cc1c(OCc2ccc(N([O-])O)cc2)ccc2c(-c3cc4ccccc4oc3=O)cc(=O)oc12. The number of rotatable bonds is 5. The van der Waals surface area contributed by atoms with E-state index in [0.29, 0.717) is 33.4 Å². The Morgan fingerprint density at radius 2 is 1.71 bits per heavy atom. The van der Waals surface area contributed by atoms with E-state index in [1.807, 2.05) is 12.1 Å². The van der Waals surface area contributed by atoms with Crippen molar-refractivity contribution >= 4 is 27.6 Å². The molecule has 0 spiro atoms. The summed E-state index contributed by atoms with van der Waals surface area (Å²) in [5.74, 6) is 0.495. The number of benzene rings is 3. The Kier molecular flexibility index (Phi) is 5.37. The molecule has 0 unspecified atom stereocenters. The lowest BCUT2D eigenvalue weighted by Crippen LogP contribution is -2.07. The molecule has 170 valence electrons. The van der Waals surface area contributed by atoms with Gasteiger partial charge in [-0.05, 0) is 48.9 Å². The van der Waals surface area contributed by atoms with Crippen LogP contribution in [-0.2, 0) is 6.61 Å². The van der Waals surface area contributed by atoms with E-state index in [1.165, 1.54) is 18.2 Å². The molecule has 5 rings (SSSR count). The van der Waals surface area contributed by atoms with E-state index in [4.69, 9.17) is 18.8 Å². The van der Waals surface area contributed by atoms with Gasteiger partial charge in [0, 0.05) is 28.0 Å². The minimum absolute atomic E-state index is 0.109. The molecule has 8 nitrogen and oxygen atoms in total. The molecule has 34 heavy (non-hydrogen) atoms. The van der Waals surface area contributed by atoms with Crippen LogP contribution < -0.4 is 21.2 Å². The summed E-state index contributed by atoms with van der Waals surface area (Å²) in [4.78, 5) is 25.1. The number of hydrogen-bond acceptors (Lipinski definition) is 8. The average Bonchev–Trinajstić information content (AvgIpc) is 2.83. The summed E-state index contributed by atoms with van der Waals surface area (Å²) in [5, 5.41) is 21.0. The first-order valence-corrected chi connectivity index (χ1v) is 10.4. The highest BCUT2D eigenvalue weighted by Crippen LogP contribution is 2.33. The van der Waals surface area contributed by atoms with Crippen LogP contribution in [-0.4, -0.2) is 5.21 Å². The number of anilines is 1. The molecule has 0 aliphatic heterocycles. The van der Waals surface area contributed by atoms with Crippen LogP contribution in [0.2, 0.25) is 0 Å². The molecule has 0 atom stereocenters. The van der Waals surface area contributed by atoms with Crippen molar-refractivity contribution in [3.05, 3.63) is 110 Å². The monoisotopic (exact) mass is 456 g/mol. The van der Waals surface area contributed by atoms with Gasteiger partial charge >= 0.3 is 11.3 Å². The third-order valence-electron chi connectivity index (χ3n) is 5.59. The summed E-state index contributed by atoms with van der Waals surface area (Å²) in [5.41, 5.74) is 1.79. The second kappa shape index (κ2) is 8.51. The lowest BCUT2D eigenvalue weighted by molar-refractivity contribution is 0.295. The first kappa shape index (κ1) is 21.4. The smallest absolute Gasteiger partial charge is 0.344 e. The highest BCUT2D eigenvalue weighted by molar-refractivity contribution is 5.96. The zero-order chi connectivity index (χ0) is 23.8. The molecule has 0 aliphatic carbocycles. The number of aryl methyl sites for hydroxylation is 1. The number of ether oxygens (including phenoxy) is 1. The van der Waals surface area contributed by atoms with Crippen LogP contribution in [0.1, 0.15) is 11.1 Å². The zero-order valence-corrected chi connectivity index (χ0v) is 18.0. The fraction of sp³-hybridized carbons (Fsp3) is 0.0769. The Morgan fingerprint density at radius 1 is 0.941 bits per heavy atom. The normalized spacial score (nSPS) is 11.1. The van der Waals surface area contributed by atoms with Crippen molar-refractivity contribution in [2.75, 3.05) is 5.23 Å². The van der Waals surface area contributed by atoms with E-state index in [9.17, 15) is 14.8 Å². The molecule has 2 aromatic heterocycles. The second-order valence-electron chi connectivity index (χ2n) is 7.76. The summed E-state index contributed by atoms with van der Waals surface area (Å²) in [6, 6.07) is 19.9. The Balaban J connectivity index is 1.54. The molecule has 0 aliphatic rings. The molecule has 0 bridgehead atoms. The Bertz CT molecular complexity index is 1630. The molecule has 2 heterocycles. The van der Waals surface area contributed by atoms with Crippen LogP contribution in [0.15, 0.2) is 91.2 Å². The fourth-order valence-corrected chi connectivity index (χ4v) is 3.85. The maximum absolute atomic E-state index is 12.7. The molecule has 0 saturated carbocycles. The second-order valence-corrected chi connectivity index (χ2v) is 7.76. The molecule has 5 aromatic rings. The van der Waals surface area contributed by atoms with Crippen LogP contribution in [0.4, 0.5) is 5.69 Å². The minimum atomic E-state index is -0.600. The van der Waals surface area contributed by atoms with E-state index in [-0.39, 0.29) is 23.1 Å². The summed E-state index contributed by atoms with van der Waals surface area (Å²) in [6.07, 6.45) is 0. The lowest BCUT2D eigenvalue weighted by atomic mass is 10.0. The van der Waals surface area contributed by atoms with Crippen LogP contribution >= 0.6 is 0 Å². The van der Waals surface area contributed by atoms with Crippen LogP contribution in [0.3, 0.4) is 0 Å². The van der Waals surface area contributed by atoms with Gasteiger partial charge in [-0.2, -0.15) is 0 Å². The van der Waals surface area contributed by atoms with E-state index < -0.39 is 11.3 Å². The molecule has 8 heteroatoms. The maximum atomic E-state index is 12.7. The largest absolute Gasteiger partial charge is 0.733 e. The molecular formula is C26H18NO7-. The summed E-state index contributed by atoms with van der Waals surface area (Å²) < 4.78 is 16.8. The number of para-hydroxylation sites is 1. The Hall–Kier alpha value is -4.40. The highest BCUT2D eigenvalue weighted by atomic mass is 16.8. The third kappa shape index (κ3) is 3.92. The first-order valence-electron chi connectivity index (χ1n) is 10.4. The van der Waals surface area contributed by atoms with Crippen molar-refractivity contribution in [3.63, 3.8) is 0 Å². The molecule has 0 amide bonds. The molecule has 0 radical (unpaired) electrons. The summed E-state index contributed by atoms with van der Waals surface area (Å²) >= 11 is 0. The van der Waals surface area contributed by atoms with Crippen molar-refractivity contribution in [1.29, 1.82) is 0 Å². The van der Waals surface area contributed by atoms with Gasteiger partial charge in [0.15, 0.2) is 0 Å². The van der Waals surface area contributed by atoms with Crippen molar-refractivity contribution < 1.29 is 18.8 Å².